The Morgan fingerprint density at radius 3 is 2.71 bits per heavy atom. The zero-order chi connectivity index (χ0) is 24.4. The van der Waals surface area contributed by atoms with Crippen LogP contribution in [0.25, 0.3) is 0 Å². The molecule has 184 valence electrons. The van der Waals surface area contributed by atoms with Crippen LogP contribution in [0.1, 0.15) is 49.5 Å². The van der Waals surface area contributed by atoms with Gasteiger partial charge in [0.15, 0.2) is 12.7 Å². The summed E-state index contributed by atoms with van der Waals surface area (Å²) in [4.78, 5) is 12.2. The van der Waals surface area contributed by atoms with Gasteiger partial charge in [-0.15, -0.1) is 10.2 Å². The summed E-state index contributed by atoms with van der Waals surface area (Å²) in [6, 6.07) is 9.48. The smallest absolute Gasteiger partial charge is 0.258 e. The van der Waals surface area contributed by atoms with Crippen LogP contribution in [0.5, 0.6) is 11.5 Å². The first-order valence-electron chi connectivity index (χ1n) is 11.3. The fraction of sp³-hybridized carbons (Fsp3) is 0.375. The van der Waals surface area contributed by atoms with Crippen LogP contribution in [0, 0.1) is 5.82 Å². The molecule has 1 amide bonds. The fourth-order valence-electron chi connectivity index (χ4n) is 4.29. The van der Waals surface area contributed by atoms with Crippen LogP contribution in [0.15, 0.2) is 40.8 Å². The van der Waals surface area contributed by atoms with E-state index in [-0.39, 0.29) is 41.3 Å². The number of benzene rings is 2. The maximum atomic E-state index is 13.5. The molecule has 1 aliphatic carbocycles. The second-order valence-corrected chi connectivity index (χ2v) is 9.43. The third-order valence-corrected chi connectivity index (χ3v) is 6.66. The molecule has 1 saturated carbocycles. The maximum Gasteiger partial charge on any atom is 0.258 e. The number of aromatic nitrogens is 2. The molecule has 2 N–H and O–H groups in total. The molecule has 0 bridgehead atoms. The largest absolute Gasteiger partial charge is 0.484 e. The van der Waals surface area contributed by atoms with Gasteiger partial charge in [0.25, 0.3) is 11.8 Å². The van der Waals surface area contributed by atoms with E-state index >= 15 is 0 Å². The number of hydrogen-bond acceptors (Lipinski definition) is 7. The standard InChI is InChI=1S/C24H23Cl2FN4O4/c25-14-3-8-20-19(9-14)28-11-21(34-20)24-31-30-23(35-24)13-1-4-15(5-2-13)29-22(32)12-33-16-6-7-17(26)18(27)10-16/h3,6-10,13,15,21,28H,1-2,4-5,11-12H2,(H,29,32). The highest BCUT2D eigenvalue weighted by atomic mass is 35.5. The summed E-state index contributed by atoms with van der Waals surface area (Å²) in [7, 11) is 0. The summed E-state index contributed by atoms with van der Waals surface area (Å²) in [5.74, 6) is 1.23. The number of rotatable bonds is 6. The van der Waals surface area contributed by atoms with E-state index in [1.54, 1.807) is 6.07 Å². The molecule has 2 heterocycles. The number of amides is 1. The predicted molar refractivity (Wildman–Crippen MR) is 128 cm³/mol. The number of ether oxygens (including phenoxy) is 2. The monoisotopic (exact) mass is 520 g/mol. The van der Waals surface area contributed by atoms with Gasteiger partial charge in [-0.1, -0.05) is 23.2 Å². The quantitative estimate of drug-likeness (QED) is 0.455. The predicted octanol–water partition coefficient (Wildman–Crippen LogP) is 5.28. The van der Waals surface area contributed by atoms with E-state index in [1.807, 2.05) is 12.1 Å². The number of halogens is 3. The molecule has 1 aromatic heterocycles. The molecule has 0 radical (unpaired) electrons. The zero-order valence-corrected chi connectivity index (χ0v) is 20.1. The van der Waals surface area contributed by atoms with Gasteiger partial charge >= 0.3 is 0 Å². The Bertz CT molecular complexity index is 1220. The Morgan fingerprint density at radius 2 is 1.91 bits per heavy atom. The van der Waals surface area contributed by atoms with Crippen LogP contribution in [-0.4, -0.2) is 35.3 Å². The first kappa shape index (κ1) is 23.7. The fourth-order valence-corrected chi connectivity index (χ4v) is 4.58. The summed E-state index contributed by atoms with van der Waals surface area (Å²) in [6.07, 6.45) is 2.79. The van der Waals surface area contributed by atoms with Crippen molar-refractivity contribution >= 4 is 34.8 Å². The molecule has 0 spiro atoms. The summed E-state index contributed by atoms with van der Waals surface area (Å²) in [5.41, 5.74) is 0.833. The van der Waals surface area contributed by atoms with E-state index in [4.69, 9.17) is 37.1 Å². The third kappa shape index (κ3) is 5.62. The number of hydrogen-bond donors (Lipinski definition) is 2. The van der Waals surface area contributed by atoms with Crippen molar-refractivity contribution in [3.8, 4) is 11.5 Å². The Balaban J connectivity index is 1.09. The minimum atomic E-state index is -0.590. The molecular formula is C24H23Cl2FN4O4. The number of fused-ring (bicyclic) bond motifs is 1. The molecule has 35 heavy (non-hydrogen) atoms. The molecule has 1 atom stereocenters. The van der Waals surface area contributed by atoms with E-state index in [0.717, 1.165) is 37.4 Å². The van der Waals surface area contributed by atoms with Gasteiger partial charge in [0.1, 0.15) is 17.3 Å². The second kappa shape index (κ2) is 10.3. The van der Waals surface area contributed by atoms with Gasteiger partial charge in [-0.05, 0) is 56.0 Å². The van der Waals surface area contributed by atoms with Crippen LogP contribution in [0.3, 0.4) is 0 Å². The lowest BCUT2D eigenvalue weighted by Gasteiger charge is -2.27. The van der Waals surface area contributed by atoms with Crippen LogP contribution >= 0.6 is 23.2 Å². The van der Waals surface area contributed by atoms with Crippen LogP contribution < -0.4 is 20.1 Å². The molecule has 2 aliphatic rings. The Morgan fingerprint density at radius 1 is 1.11 bits per heavy atom. The Kier molecular flexibility index (Phi) is 6.97. The van der Waals surface area contributed by atoms with Crippen molar-refractivity contribution in [2.24, 2.45) is 0 Å². The van der Waals surface area contributed by atoms with Crippen LogP contribution in [0.4, 0.5) is 10.1 Å². The number of nitrogens with one attached hydrogen (secondary N) is 2. The van der Waals surface area contributed by atoms with E-state index in [1.165, 1.54) is 12.1 Å². The summed E-state index contributed by atoms with van der Waals surface area (Å²) in [5, 5.41) is 15.4. The SMILES string of the molecule is O=C(COc1ccc(Cl)c(F)c1)NC1CCC(c2nnc(C3CNc4cc(Cl)ccc4O3)o2)CC1. The van der Waals surface area contributed by atoms with Crippen molar-refractivity contribution in [2.45, 2.75) is 43.7 Å². The van der Waals surface area contributed by atoms with Gasteiger partial charge in [-0.25, -0.2) is 4.39 Å². The third-order valence-electron chi connectivity index (χ3n) is 6.12. The van der Waals surface area contributed by atoms with Crippen molar-refractivity contribution in [2.75, 3.05) is 18.5 Å². The molecule has 1 aliphatic heterocycles. The van der Waals surface area contributed by atoms with E-state index in [9.17, 15) is 9.18 Å². The second-order valence-electron chi connectivity index (χ2n) is 8.59. The van der Waals surface area contributed by atoms with Crippen molar-refractivity contribution in [1.29, 1.82) is 0 Å². The van der Waals surface area contributed by atoms with Gasteiger partial charge in [-0.2, -0.15) is 0 Å². The average Bonchev–Trinajstić information content (AvgIpc) is 3.35. The highest BCUT2D eigenvalue weighted by Crippen LogP contribution is 2.37. The van der Waals surface area contributed by atoms with Crippen LogP contribution in [-0.2, 0) is 4.79 Å². The molecule has 1 fully saturated rings. The number of carbonyl (C=O) groups is 1. The number of anilines is 1. The lowest BCUT2D eigenvalue weighted by atomic mass is 9.86. The minimum absolute atomic E-state index is 0.00514. The Labute approximate surface area is 211 Å². The molecule has 2 aromatic carbocycles. The first-order chi connectivity index (χ1) is 16.9. The molecule has 8 nitrogen and oxygen atoms in total. The van der Waals surface area contributed by atoms with Crippen molar-refractivity contribution in [3.05, 3.63) is 64.0 Å². The summed E-state index contributed by atoms with van der Waals surface area (Å²) in [6.45, 7) is 0.303. The molecule has 11 heteroatoms. The van der Waals surface area contributed by atoms with Crippen molar-refractivity contribution in [3.63, 3.8) is 0 Å². The topological polar surface area (TPSA) is 98.5 Å². The van der Waals surface area contributed by atoms with Gasteiger partial charge in [0.2, 0.25) is 5.89 Å². The van der Waals surface area contributed by atoms with Gasteiger partial charge in [0, 0.05) is 23.0 Å². The normalized spacial score (nSPS) is 21.4. The molecule has 5 rings (SSSR count). The molecule has 0 saturated heterocycles. The zero-order valence-electron chi connectivity index (χ0n) is 18.6. The molecule has 1 unspecified atom stereocenters. The van der Waals surface area contributed by atoms with Gasteiger partial charge in [-0.3, -0.25) is 4.79 Å². The van der Waals surface area contributed by atoms with Gasteiger partial charge < -0.3 is 24.5 Å². The van der Waals surface area contributed by atoms with Crippen molar-refractivity contribution in [1.82, 2.24) is 15.5 Å². The minimum Gasteiger partial charge on any atom is -0.484 e. The number of carbonyl (C=O) groups excluding carboxylic acids is 1. The Hall–Kier alpha value is -3.04. The summed E-state index contributed by atoms with van der Waals surface area (Å²) < 4.78 is 30.8. The van der Waals surface area contributed by atoms with E-state index in [2.05, 4.69) is 20.8 Å². The van der Waals surface area contributed by atoms with E-state index in [0.29, 0.717) is 29.1 Å². The van der Waals surface area contributed by atoms with Crippen molar-refractivity contribution < 1.29 is 23.1 Å². The highest BCUT2D eigenvalue weighted by molar-refractivity contribution is 6.31. The number of nitrogens with zero attached hydrogens (tertiary/aromatic N) is 2. The maximum absolute atomic E-state index is 13.5. The van der Waals surface area contributed by atoms with E-state index < -0.39 is 5.82 Å². The molecule has 3 aromatic rings. The first-order valence-corrected chi connectivity index (χ1v) is 12.1. The van der Waals surface area contributed by atoms with Crippen LogP contribution in [0.2, 0.25) is 10.0 Å². The average molecular weight is 521 g/mol. The lowest BCUT2D eigenvalue weighted by molar-refractivity contribution is -0.124. The lowest BCUT2D eigenvalue weighted by Crippen LogP contribution is -2.39. The molecular weight excluding hydrogens is 498 g/mol. The summed E-state index contributed by atoms with van der Waals surface area (Å²) >= 11 is 11.7. The van der Waals surface area contributed by atoms with Gasteiger partial charge in [0.05, 0.1) is 17.3 Å². The highest BCUT2D eigenvalue weighted by Gasteiger charge is 2.30.